The van der Waals surface area contributed by atoms with Gasteiger partial charge in [0.05, 0.1) is 0 Å². The second-order valence-electron chi connectivity index (χ2n) is 3.91. The summed E-state index contributed by atoms with van der Waals surface area (Å²) in [6.45, 7) is 12.4. The number of rotatable bonds is 2. The predicted octanol–water partition coefficient (Wildman–Crippen LogP) is 1.26. The van der Waals surface area contributed by atoms with Gasteiger partial charge in [-0.3, -0.25) is 0 Å². The van der Waals surface area contributed by atoms with E-state index < -0.39 is 0 Å². The van der Waals surface area contributed by atoms with Crippen LogP contribution in [0.4, 0.5) is 0 Å². The molecule has 1 rings (SSSR count). The van der Waals surface area contributed by atoms with Crippen molar-refractivity contribution in [1.82, 2.24) is 0 Å². The van der Waals surface area contributed by atoms with Crippen LogP contribution in [0, 0.1) is 0 Å². The van der Waals surface area contributed by atoms with Gasteiger partial charge in [0, 0.05) is 10.4 Å². The van der Waals surface area contributed by atoms with Gasteiger partial charge in [0.2, 0.25) is 0 Å². The first-order valence-electron chi connectivity index (χ1n) is 5.57. The fourth-order valence-corrected chi connectivity index (χ4v) is 1.71. The van der Waals surface area contributed by atoms with Gasteiger partial charge in [-0.2, -0.15) is 0 Å². The SMILES string of the molecule is C=c1oc(=C(C)C)c(=C\CC)/c1=C/CC. The van der Waals surface area contributed by atoms with Crippen LogP contribution in [0.25, 0.3) is 24.3 Å². The summed E-state index contributed by atoms with van der Waals surface area (Å²) in [5.74, 6) is 0. The quantitative estimate of drug-likeness (QED) is 0.707. The van der Waals surface area contributed by atoms with Crippen LogP contribution < -0.4 is 21.3 Å². The van der Waals surface area contributed by atoms with E-state index in [-0.39, 0.29) is 0 Å². The molecular formula is C14H20O. The van der Waals surface area contributed by atoms with Gasteiger partial charge in [0.1, 0.15) is 10.8 Å². The molecule has 0 saturated heterocycles. The molecule has 0 bridgehead atoms. The Morgan fingerprint density at radius 2 is 1.67 bits per heavy atom. The minimum atomic E-state index is 0.785. The molecule has 0 aliphatic rings. The molecule has 82 valence electrons. The Morgan fingerprint density at radius 3 is 2.13 bits per heavy atom. The molecule has 1 aromatic rings. The average molecular weight is 204 g/mol. The minimum Gasteiger partial charge on any atom is -0.457 e. The topological polar surface area (TPSA) is 13.1 Å². The first kappa shape index (κ1) is 11.8. The molecule has 0 amide bonds. The second kappa shape index (κ2) is 5.01. The molecule has 0 aromatic carbocycles. The summed E-state index contributed by atoms with van der Waals surface area (Å²) in [7, 11) is 0. The smallest absolute Gasteiger partial charge is 0.133 e. The Balaban J connectivity index is 3.87. The lowest BCUT2D eigenvalue weighted by atomic mass is 10.2. The standard InChI is InChI=1S/C14H20O/c1-6-8-12-11(5)15-14(10(3)4)13(12)9-7-2/h8-9H,5-7H2,1-4H3/b12-8+,13-9-. The summed E-state index contributed by atoms with van der Waals surface area (Å²) in [4.78, 5) is 0. The molecule has 0 aliphatic heterocycles. The molecule has 0 fully saturated rings. The highest BCUT2D eigenvalue weighted by Gasteiger charge is 1.97. The third-order valence-electron chi connectivity index (χ3n) is 2.33. The summed E-state index contributed by atoms with van der Waals surface area (Å²) in [6, 6.07) is 0. The van der Waals surface area contributed by atoms with E-state index in [1.165, 1.54) is 10.8 Å². The molecule has 1 heteroatoms. The van der Waals surface area contributed by atoms with Gasteiger partial charge >= 0.3 is 0 Å². The molecule has 0 radical (unpaired) electrons. The molecule has 0 saturated carbocycles. The highest BCUT2D eigenvalue weighted by molar-refractivity contribution is 5.40. The molecule has 1 heterocycles. The van der Waals surface area contributed by atoms with Crippen molar-refractivity contribution in [2.45, 2.75) is 40.5 Å². The fourth-order valence-electron chi connectivity index (χ4n) is 1.71. The van der Waals surface area contributed by atoms with Gasteiger partial charge in [-0.1, -0.05) is 32.6 Å². The summed E-state index contributed by atoms with van der Waals surface area (Å²) in [5, 5.41) is 2.37. The first-order valence-corrected chi connectivity index (χ1v) is 5.57. The van der Waals surface area contributed by atoms with Gasteiger partial charge in [-0.05, 0) is 32.3 Å². The Labute approximate surface area is 91.1 Å². The van der Waals surface area contributed by atoms with E-state index >= 15 is 0 Å². The maximum atomic E-state index is 5.70. The molecule has 0 N–H and O–H groups in total. The second-order valence-corrected chi connectivity index (χ2v) is 3.91. The minimum absolute atomic E-state index is 0.785. The molecular weight excluding hydrogens is 184 g/mol. The summed E-state index contributed by atoms with van der Waals surface area (Å²) in [5.41, 5.74) is 2.98. The Morgan fingerprint density at radius 1 is 1.13 bits per heavy atom. The first-order chi connectivity index (χ1) is 7.11. The van der Waals surface area contributed by atoms with Crippen molar-refractivity contribution in [2.24, 2.45) is 0 Å². The van der Waals surface area contributed by atoms with Gasteiger partial charge in [0.15, 0.2) is 0 Å². The van der Waals surface area contributed by atoms with E-state index in [0.717, 1.165) is 28.9 Å². The van der Waals surface area contributed by atoms with Gasteiger partial charge in [-0.15, -0.1) is 0 Å². The molecule has 1 aromatic heterocycles. The van der Waals surface area contributed by atoms with Gasteiger partial charge < -0.3 is 4.42 Å². The van der Waals surface area contributed by atoms with Crippen molar-refractivity contribution < 1.29 is 4.42 Å². The zero-order valence-corrected chi connectivity index (χ0v) is 10.2. The molecule has 0 atom stereocenters. The highest BCUT2D eigenvalue weighted by atomic mass is 16.3. The average Bonchev–Trinajstić information content (AvgIpc) is 2.47. The van der Waals surface area contributed by atoms with Crippen molar-refractivity contribution in [3.05, 3.63) is 21.3 Å². The van der Waals surface area contributed by atoms with Crippen LogP contribution in [0.3, 0.4) is 0 Å². The maximum Gasteiger partial charge on any atom is 0.133 e. The predicted molar refractivity (Wildman–Crippen MR) is 67.0 cm³/mol. The van der Waals surface area contributed by atoms with Gasteiger partial charge in [-0.25, -0.2) is 0 Å². The molecule has 0 unspecified atom stereocenters. The lowest BCUT2D eigenvalue weighted by Gasteiger charge is -1.84. The number of furan rings is 1. The van der Waals surface area contributed by atoms with Crippen LogP contribution in [0.2, 0.25) is 0 Å². The third-order valence-corrected chi connectivity index (χ3v) is 2.33. The fraction of sp³-hybridized carbons (Fsp3) is 0.429. The van der Waals surface area contributed by atoms with E-state index in [9.17, 15) is 0 Å². The van der Waals surface area contributed by atoms with Crippen LogP contribution >= 0.6 is 0 Å². The molecule has 0 spiro atoms. The Hall–Kier alpha value is -1.24. The summed E-state index contributed by atoms with van der Waals surface area (Å²) in [6.07, 6.45) is 6.42. The van der Waals surface area contributed by atoms with E-state index in [2.05, 4.69) is 46.4 Å². The van der Waals surface area contributed by atoms with Crippen molar-refractivity contribution in [3.8, 4) is 0 Å². The van der Waals surface area contributed by atoms with Crippen LogP contribution in [-0.4, -0.2) is 0 Å². The molecule has 15 heavy (non-hydrogen) atoms. The zero-order chi connectivity index (χ0) is 11.4. The van der Waals surface area contributed by atoms with E-state index in [4.69, 9.17) is 4.42 Å². The van der Waals surface area contributed by atoms with Crippen molar-refractivity contribution in [1.29, 1.82) is 0 Å². The summed E-state index contributed by atoms with van der Waals surface area (Å²) < 4.78 is 5.70. The molecule has 1 nitrogen and oxygen atoms in total. The number of hydrogen-bond donors (Lipinski definition) is 0. The Bertz CT molecular complexity index is 539. The summed E-state index contributed by atoms with van der Waals surface area (Å²) >= 11 is 0. The third kappa shape index (κ3) is 2.41. The largest absolute Gasteiger partial charge is 0.457 e. The van der Waals surface area contributed by atoms with Gasteiger partial charge in [0.25, 0.3) is 0 Å². The maximum absolute atomic E-state index is 5.70. The van der Waals surface area contributed by atoms with Crippen LogP contribution in [0.15, 0.2) is 4.42 Å². The Kier molecular flexibility index (Phi) is 3.96. The van der Waals surface area contributed by atoms with Crippen LogP contribution in [0.5, 0.6) is 0 Å². The highest BCUT2D eigenvalue weighted by Crippen LogP contribution is 1.81. The lowest BCUT2D eigenvalue weighted by molar-refractivity contribution is 0.496. The lowest BCUT2D eigenvalue weighted by Crippen LogP contribution is -2.37. The van der Waals surface area contributed by atoms with E-state index in [1.807, 2.05) is 0 Å². The van der Waals surface area contributed by atoms with E-state index in [0.29, 0.717) is 0 Å². The molecule has 0 aliphatic carbocycles. The monoisotopic (exact) mass is 204 g/mol. The van der Waals surface area contributed by atoms with E-state index in [1.54, 1.807) is 0 Å². The van der Waals surface area contributed by atoms with Crippen LogP contribution in [-0.2, 0) is 0 Å². The van der Waals surface area contributed by atoms with Crippen molar-refractivity contribution >= 4 is 24.3 Å². The van der Waals surface area contributed by atoms with Crippen molar-refractivity contribution in [2.75, 3.05) is 0 Å². The van der Waals surface area contributed by atoms with Crippen LogP contribution in [0.1, 0.15) is 40.5 Å². The van der Waals surface area contributed by atoms with Crippen molar-refractivity contribution in [3.63, 3.8) is 0 Å². The zero-order valence-electron chi connectivity index (χ0n) is 10.2. The normalized spacial score (nSPS) is 13.6. The number of hydrogen-bond acceptors (Lipinski definition) is 1.